The van der Waals surface area contributed by atoms with E-state index in [0.717, 1.165) is 6.07 Å². The van der Waals surface area contributed by atoms with E-state index in [2.05, 4.69) is 5.32 Å². The Bertz CT molecular complexity index is 417. The highest BCUT2D eigenvalue weighted by atomic mass is 19.4. The highest BCUT2D eigenvalue weighted by molar-refractivity contribution is 5.27. The summed E-state index contributed by atoms with van der Waals surface area (Å²) in [5.41, 5.74) is 1.22. The zero-order valence-electron chi connectivity index (χ0n) is 10.8. The van der Waals surface area contributed by atoms with E-state index in [1.165, 1.54) is 17.7 Å². The van der Waals surface area contributed by atoms with Crippen molar-refractivity contribution in [3.8, 4) is 0 Å². The molecular formula is C14H18F3N. The molecule has 0 radical (unpaired) electrons. The Morgan fingerprint density at radius 2 is 2.00 bits per heavy atom. The van der Waals surface area contributed by atoms with E-state index in [0.29, 0.717) is 12.1 Å². The Hall–Kier alpha value is -1.29. The van der Waals surface area contributed by atoms with Gasteiger partial charge in [-0.15, -0.1) is 0 Å². The first kappa shape index (κ1) is 14.8. The topological polar surface area (TPSA) is 12.0 Å². The summed E-state index contributed by atoms with van der Waals surface area (Å²) in [4.78, 5) is 0. The van der Waals surface area contributed by atoms with Crippen LogP contribution < -0.4 is 5.32 Å². The number of hydrogen-bond acceptors (Lipinski definition) is 1. The van der Waals surface area contributed by atoms with Crippen LogP contribution in [0.1, 0.15) is 37.9 Å². The molecule has 0 amide bonds. The van der Waals surface area contributed by atoms with Gasteiger partial charge in [0.25, 0.3) is 0 Å². The Morgan fingerprint density at radius 3 is 2.56 bits per heavy atom. The van der Waals surface area contributed by atoms with Gasteiger partial charge in [0.15, 0.2) is 0 Å². The Balaban J connectivity index is 2.74. The van der Waals surface area contributed by atoms with Gasteiger partial charge in [0.1, 0.15) is 0 Å². The van der Waals surface area contributed by atoms with E-state index in [9.17, 15) is 13.2 Å². The van der Waals surface area contributed by atoms with Gasteiger partial charge in [-0.25, -0.2) is 0 Å². The van der Waals surface area contributed by atoms with Crippen LogP contribution in [-0.2, 0) is 6.18 Å². The van der Waals surface area contributed by atoms with Crippen molar-refractivity contribution in [1.29, 1.82) is 0 Å². The first-order valence-corrected chi connectivity index (χ1v) is 5.84. The third kappa shape index (κ3) is 4.53. The number of rotatable bonds is 4. The molecule has 1 unspecified atom stereocenters. The van der Waals surface area contributed by atoms with Gasteiger partial charge in [-0.05, 0) is 38.5 Å². The molecule has 0 aliphatic heterocycles. The summed E-state index contributed by atoms with van der Waals surface area (Å²) in [5, 5.41) is 3.17. The molecule has 1 aromatic rings. The molecule has 1 rings (SSSR count). The molecular weight excluding hydrogens is 239 g/mol. The van der Waals surface area contributed by atoms with Crippen molar-refractivity contribution in [2.45, 2.75) is 33.0 Å². The molecule has 18 heavy (non-hydrogen) atoms. The Morgan fingerprint density at radius 1 is 1.33 bits per heavy atom. The minimum Gasteiger partial charge on any atom is -0.307 e. The van der Waals surface area contributed by atoms with Crippen LogP contribution in [0.3, 0.4) is 0 Å². The minimum absolute atomic E-state index is 0.108. The van der Waals surface area contributed by atoms with Gasteiger partial charge in [-0.2, -0.15) is 13.2 Å². The zero-order valence-corrected chi connectivity index (χ0v) is 10.8. The largest absolute Gasteiger partial charge is 0.416 e. The van der Waals surface area contributed by atoms with Crippen LogP contribution in [0.15, 0.2) is 35.9 Å². The van der Waals surface area contributed by atoms with Gasteiger partial charge in [-0.1, -0.05) is 23.8 Å². The van der Waals surface area contributed by atoms with Crippen LogP contribution in [0, 0.1) is 0 Å². The summed E-state index contributed by atoms with van der Waals surface area (Å²) < 4.78 is 37.7. The molecule has 0 bridgehead atoms. The molecule has 1 atom stereocenters. The number of benzene rings is 1. The lowest BCUT2D eigenvalue weighted by Crippen LogP contribution is -2.19. The summed E-state index contributed by atoms with van der Waals surface area (Å²) in [6.07, 6.45) is -2.28. The van der Waals surface area contributed by atoms with E-state index >= 15 is 0 Å². The second-order valence-corrected chi connectivity index (χ2v) is 4.53. The van der Waals surface area contributed by atoms with E-state index < -0.39 is 11.7 Å². The molecule has 100 valence electrons. The van der Waals surface area contributed by atoms with Crippen LogP contribution in [-0.4, -0.2) is 6.54 Å². The number of alkyl halides is 3. The fraction of sp³-hybridized carbons (Fsp3) is 0.429. The second kappa shape index (κ2) is 6.05. The van der Waals surface area contributed by atoms with Gasteiger partial charge in [-0.3, -0.25) is 0 Å². The van der Waals surface area contributed by atoms with Crippen LogP contribution >= 0.6 is 0 Å². The van der Waals surface area contributed by atoms with Crippen molar-refractivity contribution in [1.82, 2.24) is 5.32 Å². The predicted octanol–water partition coefficient (Wildman–Crippen LogP) is 4.32. The maximum atomic E-state index is 12.6. The van der Waals surface area contributed by atoms with Gasteiger partial charge in [0.2, 0.25) is 0 Å². The summed E-state index contributed by atoms with van der Waals surface area (Å²) in [5.74, 6) is 0. The van der Waals surface area contributed by atoms with Crippen LogP contribution in [0.2, 0.25) is 0 Å². The first-order valence-electron chi connectivity index (χ1n) is 5.84. The molecule has 1 nitrogen and oxygen atoms in total. The third-order valence-corrected chi connectivity index (χ3v) is 2.65. The molecule has 4 heteroatoms. The van der Waals surface area contributed by atoms with Crippen molar-refractivity contribution in [2.24, 2.45) is 0 Å². The summed E-state index contributed by atoms with van der Waals surface area (Å²) in [6, 6.07) is 5.32. The smallest absolute Gasteiger partial charge is 0.307 e. The summed E-state index contributed by atoms with van der Waals surface area (Å²) in [6.45, 7) is 6.47. The quantitative estimate of drug-likeness (QED) is 0.792. The van der Waals surface area contributed by atoms with Gasteiger partial charge >= 0.3 is 6.18 Å². The Labute approximate surface area is 106 Å². The average Bonchev–Trinajstić information content (AvgIpc) is 2.27. The number of allylic oxidation sites excluding steroid dienone is 1. The third-order valence-electron chi connectivity index (χ3n) is 2.65. The summed E-state index contributed by atoms with van der Waals surface area (Å²) in [7, 11) is 0. The highest BCUT2D eigenvalue weighted by Gasteiger charge is 2.30. The molecule has 0 saturated carbocycles. The maximum Gasteiger partial charge on any atom is 0.416 e. The molecule has 0 heterocycles. The molecule has 1 N–H and O–H groups in total. The zero-order chi connectivity index (χ0) is 13.8. The molecule has 0 saturated heterocycles. The Kier molecular flexibility index (Phi) is 4.96. The molecule has 1 aromatic carbocycles. The molecule has 0 aromatic heterocycles. The fourth-order valence-electron chi connectivity index (χ4n) is 1.54. The fourth-order valence-corrected chi connectivity index (χ4v) is 1.54. The lowest BCUT2D eigenvalue weighted by atomic mass is 10.0. The van der Waals surface area contributed by atoms with Crippen molar-refractivity contribution in [3.05, 3.63) is 47.0 Å². The van der Waals surface area contributed by atoms with Gasteiger partial charge in [0, 0.05) is 12.6 Å². The van der Waals surface area contributed by atoms with Crippen molar-refractivity contribution in [3.63, 3.8) is 0 Å². The van der Waals surface area contributed by atoms with E-state index in [1.54, 1.807) is 6.07 Å². The average molecular weight is 257 g/mol. The number of nitrogens with one attached hydrogen (secondary N) is 1. The maximum absolute atomic E-state index is 12.6. The highest BCUT2D eigenvalue weighted by Crippen LogP contribution is 2.30. The van der Waals surface area contributed by atoms with Crippen molar-refractivity contribution in [2.75, 3.05) is 6.54 Å². The molecule has 0 aliphatic rings. The van der Waals surface area contributed by atoms with Crippen LogP contribution in [0.25, 0.3) is 0 Å². The van der Waals surface area contributed by atoms with Crippen molar-refractivity contribution >= 4 is 0 Å². The molecule has 0 spiro atoms. The first-order chi connectivity index (χ1) is 8.30. The van der Waals surface area contributed by atoms with Crippen LogP contribution in [0.5, 0.6) is 0 Å². The summed E-state index contributed by atoms with van der Waals surface area (Å²) >= 11 is 0. The van der Waals surface area contributed by atoms with Gasteiger partial charge < -0.3 is 5.32 Å². The van der Waals surface area contributed by atoms with E-state index in [4.69, 9.17) is 0 Å². The lowest BCUT2D eigenvalue weighted by Gasteiger charge is -2.15. The van der Waals surface area contributed by atoms with E-state index in [-0.39, 0.29) is 6.04 Å². The van der Waals surface area contributed by atoms with Gasteiger partial charge in [0.05, 0.1) is 5.56 Å². The van der Waals surface area contributed by atoms with Crippen molar-refractivity contribution < 1.29 is 13.2 Å². The van der Waals surface area contributed by atoms with E-state index in [1.807, 2.05) is 26.8 Å². The molecule has 0 aliphatic carbocycles. The predicted molar refractivity (Wildman–Crippen MR) is 67.3 cm³/mol. The lowest BCUT2D eigenvalue weighted by molar-refractivity contribution is -0.137. The minimum atomic E-state index is -4.28. The number of hydrogen-bond donors (Lipinski definition) is 1. The normalized spacial score (nSPS) is 13.2. The SMILES string of the molecule is CC(C)=CCNC(C)c1cccc(C(F)(F)F)c1. The van der Waals surface area contributed by atoms with Crippen LogP contribution in [0.4, 0.5) is 13.2 Å². The second-order valence-electron chi connectivity index (χ2n) is 4.53. The number of halogens is 3. The standard InChI is InChI=1S/C14H18F3N/c1-10(2)7-8-18-11(3)12-5-4-6-13(9-12)14(15,16)17/h4-7,9,11,18H,8H2,1-3H3. The monoisotopic (exact) mass is 257 g/mol. The molecule has 0 fully saturated rings.